The molecule has 0 aliphatic carbocycles. The summed E-state index contributed by atoms with van der Waals surface area (Å²) >= 11 is 0. The Hall–Kier alpha value is -1.88. The minimum atomic E-state index is -0.702. The van der Waals surface area contributed by atoms with Crippen molar-refractivity contribution in [1.29, 1.82) is 0 Å². The van der Waals surface area contributed by atoms with Crippen molar-refractivity contribution in [2.24, 2.45) is 5.41 Å². The highest BCUT2D eigenvalue weighted by Crippen LogP contribution is 2.39. The van der Waals surface area contributed by atoms with Gasteiger partial charge in [-0.1, -0.05) is 50.6 Å². The van der Waals surface area contributed by atoms with Crippen molar-refractivity contribution in [3.8, 4) is 0 Å². The highest BCUT2D eigenvalue weighted by molar-refractivity contribution is 5.94. The first-order valence-electron chi connectivity index (χ1n) is 7.93. The highest BCUT2D eigenvalue weighted by atomic mass is 16.5. The molecule has 5 nitrogen and oxygen atoms in total. The van der Waals surface area contributed by atoms with Crippen LogP contribution in [-0.2, 0) is 15.0 Å². The molecule has 23 heavy (non-hydrogen) atoms. The van der Waals surface area contributed by atoms with Gasteiger partial charge >= 0.3 is 0 Å². The Morgan fingerprint density at radius 3 is 2.35 bits per heavy atom. The van der Waals surface area contributed by atoms with Gasteiger partial charge in [-0.2, -0.15) is 0 Å². The molecule has 0 aromatic heterocycles. The Morgan fingerprint density at radius 2 is 1.87 bits per heavy atom. The molecule has 1 aromatic rings. The third-order valence-corrected chi connectivity index (χ3v) is 4.76. The molecule has 1 aliphatic heterocycles. The minimum absolute atomic E-state index is 0.0649. The minimum Gasteiger partial charge on any atom is -0.329 e. The van der Waals surface area contributed by atoms with E-state index in [9.17, 15) is 9.59 Å². The van der Waals surface area contributed by atoms with E-state index in [1.165, 1.54) is 0 Å². The van der Waals surface area contributed by atoms with E-state index in [0.717, 1.165) is 11.1 Å². The van der Waals surface area contributed by atoms with Crippen LogP contribution < -0.4 is 5.48 Å². The average molecular weight is 318 g/mol. The first-order chi connectivity index (χ1) is 10.6. The summed E-state index contributed by atoms with van der Waals surface area (Å²) in [4.78, 5) is 26.8. The van der Waals surface area contributed by atoms with Crippen LogP contribution in [0.2, 0.25) is 0 Å². The summed E-state index contributed by atoms with van der Waals surface area (Å²) in [5.74, 6) is -0.608. The van der Waals surface area contributed by atoms with Gasteiger partial charge in [0.2, 0.25) is 5.91 Å². The number of nitrogens with zero attached hydrogens (tertiary/aromatic N) is 1. The molecule has 0 bridgehead atoms. The zero-order valence-corrected chi connectivity index (χ0v) is 14.5. The molecule has 5 heteroatoms. The first kappa shape index (κ1) is 17.5. The normalized spacial score (nSPS) is 23.0. The number of carbonyl (C=O) groups excluding carboxylic acids is 2. The summed E-state index contributed by atoms with van der Waals surface area (Å²) in [5, 5.41) is 9.06. The third-order valence-electron chi connectivity index (χ3n) is 4.76. The molecule has 1 aliphatic rings. The van der Waals surface area contributed by atoms with Crippen molar-refractivity contribution in [3.05, 3.63) is 35.4 Å². The lowest BCUT2D eigenvalue weighted by molar-refractivity contribution is -0.148. The fraction of sp³-hybridized carbons (Fsp3) is 0.556. The van der Waals surface area contributed by atoms with Crippen molar-refractivity contribution < 1.29 is 14.8 Å². The molecule has 1 heterocycles. The van der Waals surface area contributed by atoms with Gasteiger partial charge in [0.25, 0.3) is 5.91 Å². The van der Waals surface area contributed by atoms with E-state index in [2.05, 4.69) is 0 Å². The number of hydrogen-bond acceptors (Lipinski definition) is 3. The topological polar surface area (TPSA) is 69.6 Å². The van der Waals surface area contributed by atoms with Crippen LogP contribution in [0.4, 0.5) is 0 Å². The standard InChI is InChI=1S/C18H26N2O3/c1-12-6-8-13(9-7-12)18(5)10-11-20(16(18)22)14(15(21)19-23)17(2,3)4/h6-9,14,23H,10-11H2,1-5H3,(H,19,21). The Balaban J connectivity index is 2.36. The summed E-state index contributed by atoms with van der Waals surface area (Å²) in [7, 11) is 0. The molecule has 2 N–H and O–H groups in total. The SMILES string of the molecule is Cc1ccc(C2(C)CCN(C(C(=O)NO)C(C)(C)C)C2=O)cc1. The maximum atomic E-state index is 13.1. The first-order valence-corrected chi connectivity index (χ1v) is 7.93. The zero-order valence-electron chi connectivity index (χ0n) is 14.5. The van der Waals surface area contributed by atoms with E-state index in [0.29, 0.717) is 13.0 Å². The molecule has 2 rings (SSSR count). The highest BCUT2D eigenvalue weighted by Gasteiger charge is 2.50. The maximum Gasteiger partial charge on any atom is 0.266 e. The van der Waals surface area contributed by atoms with Gasteiger partial charge in [-0.15, -0.1) is 0 Å². The van der Waals surface area contributed by atoms with Crippen LogP contribution in [0, 0.1) is 12.3 Å². The molecule has 126 valence electrons. The van der Waals surface area contributed by atoms with E-state index < -0.39 is 22.8 Å². The molecule has 0 spiro atoms. The second kappa shape index (κ2) is 5.96. The number of benzene rings is 1. The van der Waals surface area contributed by atoms with Gasteiger partial charge in [-0.3, -0.25) is 14.8 Å². The van der Waals surface area contributed by atoms with Crippen molar-refractivity contribution >= 4 is 11.8 Å². The summed E-state index contributed by atoms with van der Waals surface area (Å²) < 4.78 is 0. The number of nitrogens with one attached hydrogen (secondary N) is 1. The van der Waals surface area contributed by atoms with Gasteiger partial charge in [0.05, 0.1) is 5.41 Å². The number of carbonyl (C=O) groups is 2. The van der Waals surface area contributed by atoms with Gasteiger partial charge in [0.15, 0.2) is 0 Å². The van der Waals surface area contributed by atoms with Crippen LogP contribution in [0.25, 0.3) is 0 Å². The maximum absolute atomic E-state index is 13.1. The Labute approximate surface area is 137 Å². The van der Waals surface area contributed by atoms with Crippen molar-refractivity contribution in [3.63, 3.8) is 0 Å². The summed E-state index contributed by atoms with van der Waals surface area (Å²) in [6.07, 6.45) is 0.653. The number of hydroxylamine groups is 1. The second-order valence-corrected chi connectivity index (χ2v) is 7.69. The number of aryl methyl sites for hydroxylation is 1. The van der Waals surface area contributed by atoms with Crippen molar-refractivity contribution in [2.45, 2.75) is 52.5 Å². The molecular formula is C18H26N2O3. The number of likely N-dealkylation sites (tertiary alicyclic amines) is 1. The monoisotopic (exact) mass is 318 g/mol. The molecule has 0 radical (unpaired) electrons. The van der Waals surface area contributed by atoms with Gasteiger partial charge in [-0.25, -0.2) is 5.48 Å². The van der Waals surface area contributed by atoms with Gasteiger partial charge in [0, 0.05) is 6.54 Å². The summed E-state index contributed by atoms with van der Waals surface area (Å²) in [5.41, 5.74) is 2.72. The number of hydrogen-bond donors (Lipinski definition) is 2. The van der Waals surface area contributed by atoms with Crippen LogP contribution in [0.15, 0.2) is 24.3 Å². The number of rotatable bonds is 3. The predicted octanol–water partition coefficient (Wildman–Crippen LogP) is 2.41. The summed E-state index contributed by atoms with van der Waals surface area (Å²) in [6.45, 7) is 10.1. The van der Waals surface area contributed by atoms with Gasteiger partial charge < -0.3 is 4.90 Å². The van der Waals surface area contributed by atoms with Crippen LogP contribution in [0.5, 0.6) is 0 Å². The van der Waals surface area contributed by atoms with Crippen LogP contribution in [0.1, 0.15) is 45.2 Å². The average Bonchev–Trinajstić information content (AvgIpc) is 2.76. The van der Waals surface area contributed by atoms with Crippen LogP contribution >= 0.6 is 0 Å². The molecule has 1 fully saturated rings. The fourth-order valence-corrected chi connectivity index (χ4v) is 3.37. The second-order valence-electron chi connectivity index (χ2n) is 7.69. The molecule has 0 saturated carbocycles. The zero-order chi connectivity index (χ0) is 17.4. The number of amides is 2. The lowest BCUT2D eigenvalue weighted by Crippen LogP contribution is -2.55. The lowest BCUT2D eigenvalue weighted by atomic mass is 9.80. The molecule has 1 aromatic carbocycles. The van der Waals surface area contributed by atoms with E-state index >= 15 is 0 Å². The van der Waals surface area contributed by atoms with Crippen molar-refractivity contribution in [1.82, 2.24) is 10.4 Å². The van der Waals surface area contributed by atoms with Crippen LogP contribution in [-0.4, -0.2) is 34.5 Å². The van der Waals surface area contributed by atoms with E-state index in [1.54, 1.807) is 10.4 Å². The largest absolute Gasteiger partial charge is 0.329 e. The van der Waals surface area contributed by atoms with E-state index in [1.807, 2.05) is 58.9 Å². The van der Waals surface area contributed by atoms with Crippen LogP contribution in [0.3, 0.4) is 0 Å². The van der Waals surface area contributed by atoms with E-state index in [4.69, 9.17) is 5.21 Å². The third kappa shape index (κ3) is 3.11. The Morgan fingerprint density at radius 1 is 1.30 bits per heavy atom. The Bertz CT molecular complexity index is 604. The van der Waals surface area contributed by atoms with E-state index in [-0.39, 0.29) is 5.91 Å². The lowest BCUT2D eigenvalue weighted by Gasteiger charge is -2.37. The fourth-order valence-electron chi connectivity index (χ4n) is 3.37. The predicted molar refractivity (Wildman–Crippen MR) is 88.0 cm³/mol. The van der Waals surface area contributed by atoms with Crippen molar-refractivity contribution in [2.75, 3.05) is 6.54 Å². The summed E-state index contributed by atoms with van der Waals surface area (Å²) in [6, 6.07) is 7.26. The van der Waals surface area contributed by atoms with Gasteiger partial charge in [-0.05, 0) is 31.2 Å². The molecule has 2 unspecified atom stereocenters. The molecular weight excluding hydrogens is 292 g/mol. The molecule has 1 saturated heterocycles. The van der Waals surface area contributed by atoms with Gasteiger partial charge in [0.1, 0.15) is 6.04 Å². The Kier molecular flexibility index (Phi) is 4.53. The molecule has 2 atom stereocenters. The molecule has 2 amide bonds. The quantitative estimate of drug-likeness (QED) is 0.664. The smallest absolute Gasteiger partial charge is 0.266 e.